The first kappa shape index (κ1) is 36.1. The number of fused-ring (bicyclic) bond motifs is 10. The van der Waals surface area contributed by atoms with Crippen LogP contribution in [0.5, 0.6) is 0 Å². The summed E-state index contributed by atoms with van der Waals surface area (Å²) in [7, 11) is 0. The predicted octanol–water partition coefficient (Wildman–Crippen LogP) is 16.1. The SMILES string of the molecule is C1=CCC(c2ccc(N(c3ccc(-c4ccccc4)cc3)c3ccc(-c4ccc5c(c4)C4(c6ccccc6-5)c5ccccc5-c5c(-c6ccccc6)cccc54)cc3)cc2)C=C1. The Hall–Kier alpha value is -7.74. The lowest BCUT2D eigenvalue weighted by Gasteiger charge is -2.31. The van der Waals surface area contributed by atoms with Crippen LogP contribution < -0.4 is 4.90 Å². The van der Waals surface area contributed by atoms with Gasteiger partial charge in [0.05, 0.1) is 5.41 Å². The zero-order valence-electron chi connectivity index (χ0n) is 34.3. The van der Waals surface area contributed by atoms with Crippen molar-refractivity contribution in [1.82, 2.24) is 0 Å². The van der Waals surface area contributed by atoms with Crippen molar-refractivity contribution in [2.45, 2.75) is 17.8 Å². The Balaban J connectivity index is 0.967. The van der Waals surface area contributed by atoms with Gasteiger partial charge in [0.2, 0.25) is 0 Å². The standard InChI is InChI=1S/C61H43N/c1-4-15-42(16-5-1)44-27-34-49(35-28-44)62(50-36-29-45(30-37-50)43-17-6-2-7-18-43)51-38-31-46(32-39-51)48-33-40-54-53-21-10-12-24-56(53)61(59(54)41-48)57-25-13-11-22-55(57)60-52(23-14-26-58(60)61)47-19-8-3-9-20-47/h1-17,19-41,43H,18H2. The highest BCUT2D eigenvalue weighted by molar-refractivity contribution is 6.00. The molecule has 0 amide bonds. The molecule has 3 aliphatic rings. The molecule has 0 bridgehead atoms. The summed E-state index contributed by atoms with van der Waals surface area (Å²) in [6.45, 7) is 0. The zero-order chi connectivity index (χ0) is 41.0. The molecule has 9 aromatic carbocycles. The summed E-state index contributed by atoms with van der Waals surface area (Å²) in [4.78, 5) is 2.38. The molecule has 0 saturated carbocycles. The fourth-order valence-corrected chi connectivity index (χ4v) is 10.6. The van der Waals surface area contributed by atoms with Gasteiger partial charge in [0.1, 0.15) is 0 Å². The third-order valence-electron chi connectivity index (χ3n) is 13.5. The molecule has 12 rings (SSSR count). The number of benzene rings is 9. The van der Waals surface area contributed by atoms with Gasteiger partial charge in [-0.25, -0.2) is 0 Å². The minimum absolute atomic E-state index is 0.406. The van der Waals surface area contributed by atoms with E-state index in [9.17, 15) is 0 Å². The van der Waals surface area contributed by atoms with Gasteiger partial charge in [-0.3, -0.25) is 0 Å². The van der Waals surface area contributed by atoms with E-state index in [1.54, 1.807) is 0 Å². The van der Waals surface area contributed by atoms with E-state index in [1.807, 2.05) is 0 Å². The monoisotopic (exact) mass is 789 g/mol. The number of hydrogen-bond donors (Lipinski definition) is 0. The lowest BCUT2D eigenvalue weighted by Crippen LogP contribution is -2.25. The van der Waals surface area contributed by atoms with E-state index in [0.717, 1.165) is 23.5 Å². The average Bonchev–Trinajstić information content (AvgIpc) is 3.83. The summed E-state index contributed by atoms with van der Waals surface area (Å²) < 4.78 is 0. The van der Waals surface area contributed by atoms with Gasteiger partial charge >= 0.3 is 0 Å². The maximum Gasteiger partial charge on any atom is 0.0725 e. The number of rotatable bonds is 7. The molecule has 1 nitrogen and oxygen atoms in total. The molecule has 0 aliphatic heterocycles. The number of hydrogen-bond acceptors (Lipinski definition) is 1. The van der Waals surface area contributed by atoms with Gasteiger partial charge < -0.3 is 4.90 Å². The van der Waals surface area contributed by atoms with E-state index in [1.165, 1.54) is 83.5 Å². The van der Waals surface area contributed by atoms with Crippen molar-refractivity contribution in [1.29, 1.82) is 0 Å². The van der Waals surface area contributed by atoms with Crippen molar-refractivity contribution in [3.63, 3.8) is 0 Å². The summed E-state index contributed by atoms with van der Waals surface area (Å²) in [5.41, 5.74) is 22.3. The molecule has 0 fully saturated rings. The first-order chi connectivity index (χ1) is 30.8. The fraction of sp³-hybridized carbons (Fsp3) is 0.0492. The largest absolute Gasteiger partial charge is 0.311 e. The Morgan fingerprint density at radius 3 is 1.52 bits per heavy atom. The van der Waals surface area contributed by atoms with Gasteiger partial charge in [-0.1, -0.05) is 200 Å². The van der Waals surface area contributed by atoms with Crippen molar-refractivity contribution < 1.29 is 0 Å². The highest BCUT2D eigenvalue weighted by Crippen LogP contribution is 2.64. The van der Waals surface area contributed by atoms with Crippen molar-refractivity contribution in [3.8, 4) is 55.6 Å². The predicted molar refractivity (Wildman–Crippen MR) is 259 cm³/mol. The molecule has 1 heteroatoms. The van der Waals surface area contributed by atoms with Crippen LogP contribution in [0.15, 0.2) is 243 Å². The summed E-state index contributed by atoms with van der Waals surface area (Å²) in [6.07, 6.45) is 9.90. The smallest absolute Gasteiger partial charge is 0.0725 e. The molecular weight excluding hydrogens is 747 g/mol. The highest BCUT2D eigenvalue weighted by Gasteiger charge is 2.52. The Morgan fingerprint density at radius 2 is 0.855 bits per heavy atom. The molecule has 292 valence electrons. The lowest BCUT2D eigenvalue weighted by atomic mass is 9.70. The fourth-order valence-electron chi connectivity index (χ4n) is 10.6. The quantitative estimate of drug-likeness (QED) is 0.155. The third kappa shape index (κ3) is 5.70. The van der Waals surface area contributed by atoms with Crippen LogP contribution in [0.2, 0.25) is 0 Å². The van der Waals surface area contributed by atoms with Crippen molar-refractivity contribution in [2.24, 2.45) is 0 Å². The summed E-state index contributed by atoms with van der Waals surface area (Å²) in [5, 5.41) is 0. The van der Waals surface area contributed by atoms with Crippen LogP contribution in [0.3, 0.4) is 0 Å². The second kappa shape index (κ2) is 14.8. The van der Waals surface area contributed by atoms with E-state index in [-0.39, 0.29) is 0 Å². The number of anilines is 3. The third-order valence-corrected chi connectivity index (χ3v) is 13.5. The Labute approximate surface area is 364 Å². The van der Waals surface area contributed by atoms with Gasteiger partial charge in [-0.05, 0) is 132 Å². The maximum atomic E-state index is 2.49. The van der Waals surface area contributed by atoms with Gasteiger partial charge in [0.15, 0.2) is 0 Å². The van der Waals surface area contributed by atoms with Crippen LogP contribution in [0, 0.1) is 0 Å². The molecule has 2 atom stereocenters. The van der Waals surface area contributed by atoms with E-state index in [4.69, 9.17) is 0 Å². The zero-order valence-corrected chi connectivity index (χ0v) is 34.3. The van der Waals surface area contributed by atoms with E-state index < -0.39 is 5.41 Å². The molecule has 0 aromatic heterocycles. The van der Waals surface area contributed by atoms with Gasteiger partial charge in [0.25, 0.3) is 0 Å². The normalized spacial score (nSPS) is 16.4. The van der Waals surface area contributed by atoms with Gasteiger partial charge in [-0.2, -0.15) is 0 Å². The molecule has 1 spiro atoms. The Bertz CT molecular complexity index is 3170. The van der Waals surface area contributed by atoms with Gasteiger partial charge in [-0.15, -0.1) is 0 Å². The maximum absolute atomic E-state index is 2.49. The molecule has 62 heavy (non-hydrogen) atoms. The number of nitrogens with zero attached hydrogens (tertiary/aromatic N) is 1. The van der Waals surface area contributed by atoms with Crippen LogP contribution in [-0.2, 0) is 5.41 Å². The van der Waals surface area contributed by atoms with Crippen LogP contribution in [-0.4, -0.2) is 0 Å². The molecular formula is C61H43N. The topological polar surface area (TPSA) is 3.24 Å². The van der Waals surface area contributed by atoms with Crippen LogP contribution >= 0.6 is 0 Å². The van der Waals surface area contributed by atoms with Crippen molar-refractivity contribution in [2.75, 3.05) is 4.90 Å². The Morgan fingerprint density at radius 1 is 0.355 bits per heavy atom. The minimum atomic E-state index is -0.433. The molecule has 0 heterocycles. The summed E-state index contributed by atoms with van der Waals surface area (Å²) in [5.74, 6) is 0.406. The van der Waals surface area contributed by atoms with Crippen LogP contribution in [0.25, 0.3) is 55.6 Å². The first-order valence-corrected chi connectivity index (χ1v) is 21.8. The van der Waals surface area contributed by atoms with Crippen LogP contribution in [0.1, 0.15) is 40.2 Å². The molecule has 0 radical (unpaired) electrons. The first-order valence-electron chi connectivity index (χ1n) is 21.8. The van der Waals surface area contributed by atoms with Crippen molar-refractivity contribution >= 4 is 17.1 Å². The molecule has 0 saturated heterocycles. The minimum Gasteiger partial charge on any atom is -0.311 e. The van der Waals surface area contributed by atoms with Gasteiger partial charge in [0, 0.05) is 23.0 Å². The second-order valence-electron chi connectivity index (χ2n) is 16.7. The molecule has 3 aliphatic carbocycles. The summed E-state index contributed by atoms with van der Waals surface area (Å²) in [6, 6.07) is 81.1. The highest BCUT2D eigenvalue weighted by atomic mass is 15.1. The molecule has 0 N–H and O–H groups in total. The van der Waals surface area contributed by atoms with Crippen molar-refractivity contribution in [3.05, 3.63) is 271 Å². The molecule has 2 unspecified atom stereocenters. The van der Waals surface area contributed by atoms with E-state index in [2.05, 4.69) is 248 Å². The second-order valence-corrected chi connectivity index (χ2v) is 16.7. The molecule has 9 aromatic rings. The van der Waals surface area contributed by atoms with E-state index in [0.29, 0.717) is 5.92 Å². The van der Waals surface area contributed by atoms with E-state index >= 15 is 0 Å². The lowest BCUT2D eigenvalue weighted by molar-refractivity contribution is 0.794. The average molecular weight is 790 g/mol. The van der Waals surface area contributed by atoms with Crippen LogP contribution in [0.4, 0.5) is 17.1 Å². The Kier molecular flexibility index (Phi) is 8.61. The number of allylic oxidation sites excluding steroid dienone is 4. The summed E-state index contributed by atoms with van der Waals surface area (Å²) >= 11 is 0.